The van der Waals surface area contributed by atoms with E-state index < -0.39 is 0 Å². The average molecular weight is 370 g/mol. The minimum atomic E-state index is -0.129. The number of hydrogen-bond donors (Lipinski definition) is 0. The molecule has 0 aliphatic carbocycles. The molecule has 0 aliphatic rings. The minimum absolute atomic E-state index is 0.129. The van der Waals surface area contributed by atoms with Crippen LogP contribution in [0.5, 0.6) is 0 Å². The Morgan fingerprint density at radius 2 is 1.86 bits per heavy atom. The van der Waals surface area contributed by atoms with Gasteiger partial charge in [0.15, 0.2) is 5.82 Å². The number of nitrogens with zero attached hydrogens (tertiary/aromatic N) is 2. The van der Waals surface area contributed by atoms with Crippen molar-refractivity contribution in [3.8, 4) is 11.4 Å². The van der Waals surface area contributed by atoms with Crippen molar-refractivity contribution in [2.45, 2.75) is 32.8 Å². The predicted octanol–water partition coefficient (Wildman–Crippen LogP) is 5.00. The molecule has 0 amide bonds. The molecule has 2 rings (SSSR count). The van der Waals surface area contributed by atoms with Crippen molar-refractivity contribution < 1.29 is 4.74 Å². The topological polar surface area (TPSA) is 35.0 Å². The smallest absolute Gasteiger partial charge is 0.161 e. The van der Waals surface area contributed by atoms with Crippen molar-refractivity contribution in [1.29, 1.82) is 0 Å². The first-order chi connectivity index (χ1) is 9.84. The summed E-state index contributed by atoms with van der Waals surface area (Å²) in [6.07, 6.45) is 0. The van der Waals surface area contributed by atoms with Crippen LogP contribution in [0.25, 0.3) is 11.4 Å². The molecule has 1 aromatic heterocycles. The summed E-state index contributed by atoms with van der Waals surface area (Å²) in [5.41, 5.74) is 2.75. The van der Waals surface area contributed by atoms with Crippen molar-refractivity contribution in [3.63, 3.8) is 0 Å². The van der Waals surface area contributed by atoms with E-state index in [-0.39, 0.29) is 5.41 Å². The highest BCUT2D eigenvalue weighted by atomic mass is 79.9. The first kappa shape index (κ1) is 16.4. The van der Waals surface area contributed by atoms with Gasteiger partial charge in [-0.3, -0.25) is 0 Å². The maximum Gasteiger partial charge on any atom is 0.161 e. The van der Waals surface area contributed by atoms with E-state index in [1.165, 1.54) is 0 Å². The molecule has 112 valence electrons. The maximum atomic E-state index is 6.28. The molecule has 0 spiro atoms. The van der Waals surface area contributed by atoms with Crippen LogP contribution in [0.2, 0.25) is 5.15 Å². The number of rotatable bonds is 3. The largest absolute Gasteiger partial charge is 0.380 e. The molecule has 0 saturated heterocycles. The second-order valence-corrected chi connectivity index (χ2v) is 6.99. The van der Waals surface area contributed by atoms with Crippen molar-refractivity contribution >= 4 is 27.5 Å². The third kappa shape index (κ3) is 3.62. The Balaban J connectivity index is 2.63. The summed E-state index contributed by atoms with van der Waals surface area (Å²) in [6.45, 7) is 6.81. The summed E-state index contributed by atoms with van der Waals surface area (Å²) >= 11 is 9.77. The van der Waals surface area contributed by atoms with Crippen molar-refractivity contribution in [3.05, 3.63) is 45.1 Å². The van der Waals surface area contributed by atoms with Gasteiger partial charge < -0.3 is 4.74 Å². The molecule has 2 aromatic rings. The fourth-order valence-electron chi connectivity index (χ4n) is 2.06. The molecule has 0 fully saturated rings. The molecule has 0 unspecified atom stereocenters. The third-order valence-corrected chi connectivity index (χ3v) is 4.33. The molecule has 0 N–H and O–H groups in total. The summed E-state index contributed by atoms with van der Waals surface area (Å²) in [7, 11) is 1.67. The molecule has 0 atom stereocenters. The third-order valence-electron chi connectivity index (χ3n) is 3.08. The molecule has 3 nitrogen and oxygen atoms in total. The first-order valence-electron chi connectivity index (χ1n) is 6.65. The number of benzene rings is 1. The van der Waals surface area contributed by atoms with Crippen LogP contribution in [0.4, 0.5) is 0 Å². The molecule has 1 aromatic carbocycles. The quantitative estimate of drug-likeness (QED) is 0.714. The van der Waals surface area contributed by atoms with Gasteiger partial charge in [0.2, 0.25) is 0 Å². The fourth-order valence-corrected chi connectivity index (χ4v) is 3.00. The van der Waals surface area contributed by atoms with E-state index in [2.05, 4.69) is 41.7 Å². The van der Waals surface area contributed by atoms with Gasteiger partial charge in [0, 0.05) is 18.1 Å². The lowest BCUT2D eigenvalue weighted by Gasteiger charge is -2.21. The zero-order chi connectivity index (χ0) is 15.6. The van der Waals surface area contributed by atoms with Gasteiger partial charge in [-0.15, -0.1) is 0 Å². The lowest BCUT2D eigenvalue weighted by Crippen LogP contribution is -2.16. The van der Waals surface area contributed by atoms with Crippen LogP contribution in [-0.4, -0.2) is 17.1 Å². The zero-order valence-corrected chi connectivity index (χ0v) is 14.9. The molecule has 21 heavy (non-hydrogen) atoms. The fraction of sp³-hybridized carbons (Fsp3) is 0.375. The minimum Gasteiger partial charge on any atom is -0.380 e. The van der Waals surface area contributed by atoms with Crippen molar-refractivity contribution in [2.24, 2.45) is 0 Å². The summed E-state index contributed by atoms with van der Waals surface area (Å²) in [5, 5.41) is 0.428. The lowest BCUT2D eigenvalue weighted by molar-refractivity contribution is 0.185. The average Bonchev–Trinajstić information content (AvgIpc) is 2.41. The van der Waals surface area contributed by atoms with Gasteiger partial charge >= 0.3 is 0 Å². The summed E-state index contributed by atoms with van der Waals surface area (Å²) in [5.74, 6) is 0.626. The Kier molecular flexibility index (Phi) is 5.02. The maximum absolute atomic E-state index is 6.28. The monoisotopic (exact) mass is 368 g/mol. The second kappa shape index (κ2) is 6.42. The van der Waals surface area contributed by atoms with Crippen LogP contribution in [0.1, 0.15) is 32.0 Å². The van der Waals surface area contributed by atoms with E-state index >= 15 is 0 Å². The van der Waals surface area contributed by atoms with Crippen molar-refractivity contribution in [2.75, 3.05) is 7.11 Å². The first-order valence-corrected chi connectivity index (χ1v) is 7.82. The summed E-state index contributed by atoms with van der Waals surface area (Å²) in [6, 6.07) is 7.93. The van der Waals surface area contributed by atoms with Gasteiger partial charge in [0.05, 0.1) is 16.8 Å². The molecule has 0 radical (unpaired) electrons. The van der Waals surface area contributed by atoms with E-state index in [0.29, 0.717) is 17.6 Å². The number of ether oxygens (including phenoxy) is 1. The van der Waals surface area contributed by atoms with Crippen LogP contribution >= 0.6 is 27.5 Å². The van der Waals surface area contributed by atoms with Crippen LogP contribution in [-0.2, 0) is 16.8 Å². The Morgan fingerprint density at radius 1 is 1.19 bits per heavy atom. The SMILES string of the molecule is COCc1ccccc1-c1nc(Cl)c(Br)c(C(C)(C)C)n1. The van der Waals surface area contributed by atoms with Crippen molar-refractivity contribution in [1.82, 2.24) is 9.97 Å². The van der Waals surface area contributed by atoms with Gasteiger partial charge in [-0.05, 0) is 21.5 Å². The highest BCUT2D eigenvalue weighted by Gasteiger charge is 2.23. The van der Waals surface area contributed by atoms with E-state index in [0.717, 1.165) is 21.3 Å². The molecule has 1 heterocycles. The molecule has 5 heteroatoms. The van der Waals surface area contributed by atoms with Gasteiger partial charge in [-0.1, -0.05) is 56.6 Å². The van der Waals surface area contributed by atoms with Crippen LogP contribution < -0.4 is 0 Å². The zero-order valence-electron chi connectivity index (χ0n) is 12.6. The summed E-state index contributed by atoms with van der Waals surface area (Å²) < 4.78 is 6.00. The van der Waals surface area contributed by atoms with Crippen LogP contribution in [0.3, 0.4) is 0 Å². The standard InChI is InChI=1S/C16H18BrClN2O/c1-16(2,3)13-12(17)14(18)20-15(19-13)11-8-6-5-7-10(11)9-21-4/h5-8H,9H2,1-4H3. The van der Waals surface area contributed by atoms with Gasteiger partial charge in [0.25, 0.3) is 0 Å². The van der Waals surface area contributed by atoms with Crippen LogP contribution in [0.15, 0.2) is 28.7 Å². The number of methoxy groups -OCH3 is 1. The Hall–Kier alpha value is -0.970. The summed E-state index contributed by atoms with van der Waals surface area (Å²) in [4.78, 5) is 9.13. The number of halogens is 2. The van der Waals surface area contributed by atoms with Gasteiger partial charge in [-0.2, -0.15) is 0 Å². The van der Waals surface area contributed by atoms with E-state index in [9.17, 15) is 0 Å². The molecule has 0 aliphatic heterocycles. The van der Waals surface area contributed by atoms with Crippen LogP contribution in [0, 0.1) is 0 Å². The molecule has 0 bridgehead atoms. The highest BCUT2D eigenvalue weighted by molar-refractivity contribution is 9.10. The Labute approximate surface area is 138 Å². The number of aromatic nitrogens is 2. The van der Waals surface area contributed by atoms with E-state index in [4.69, 9.17) is 21.3 Å². The van der Waals surface area contributed by atoms with Gasteiger partial charge in [0.1, 0.15) is 5.15 Å². The molecule has 0 saturated carbocycles. The molecular formula is C16H18BrClN2O. The Bertz CT molecular complexity index is 653. The normalized spacial score (nSPS) is 11.7. The van der Waals surface area contributed by atoms with Gasteiger partial charge in [-0.25, -0.2) is 9.97 Å². The Morgan fingerprint density at radius 3 is 2.48 bits per heavy atom. The second-order valence-electron chi connectivity index (χ2n) is 5.84. The molecular weight excluding hydrogens is 352 g/mol. The number of hydrogen-bond acceptors (Lipinski definition) is 3. The predicted molar refractivity (Wildman–Crippen MR) is 89.6 cm³/mol. The van der Waals surface area contributed by atoms with E-state index in [1.807, 2.05) is 24.3 Å². The highest BCUT2D eigenvalue weighted by Crippen LogP contribution is 2.34. The van der Waals surface area contributed by atoms with E-state index in [1.54, 1.807) is 7.11 Å². The lowest BCUT2D eigenvalue weighted by atomic mass is 9.92.